The summed E-state index contributed by atoms with van der Waals surface area (Å²) in [7, 11) is 0. The van der Waals surface area contributed by atoms with Crippen molar-refractivity contribution in [3.8, 4) is 0 Å². The van der Waals surface area contributed by atoms with Crippen molar-refractivity contribution in [2.24, 2.45) is 5.41 Å². The van der Waals surface area contributed by atoms with Gasteiger partial charge in [-0.15, -0.1) is 5.10 Å². The summed E-state index contributed by atoms with van der Waals surface area (Å²) >= 11 is 0. The van der Waals surface area contributed by atoms with Crippen molar-refractivity contribution >= 4 is 11.9 Å². The Labute approximate surface area is 155 Å². The minimum atomic E-state index is -0.314. The van der Waals surface area contributed by atoms with Gasteiger partial charge >= 0.3 is 6.01 Å². The zero-order valence-corrected chi connectivity index (χ0v) is 15.1. The third kappa shape index (κ3) is 4.05. The number of aromatic amines is 1. The Morgan fingerprint density at radius 1 is 1.35 bits per heavy atom. The summed E-state index contributed by atoms with van der Waals surface area (Å²) in [5.41, 5.74) is 0.596. The van der Waals surface area contributed by atoms with E-state index in [1.807, 2.05) is 17.9 Å². The van der Waals surface area contributed by atoms with Crippen LogP contribution in [-0.2, 0) is 4.79 Å². The quantitative estimate of drug-likeness (QED) is 0.867. The molecule has 1 amide bonds. The number of likely N-dealkylation sites (tertiary alicyclic amines) is 1. The molecule has 1 spiro atoms. The predicted molar refractivity (Wildman–Crippen MR) is 99.7 cm³/mol. The number of carbonyl (C=O) groups excluding carboxylic acids is 1. The number of amides is 1. The molecular weight excluding hydrogens is 332 g/mol. The predicted octanol–water partition coefficient (Wildman–Crippen LogP) is 3.05. The summed E-state index contributed by atoms with van der Waals surface area (Å²) in [5, 5.41) is 17.3. The Morgan fingerprint density at radius 2 is 2.12 bits per heavy atom. The van der Waals surface area contributed by atoms with Gasteiger partial charge in [0.25, 0.3) is 0 Å². The van der Waals surface area contributed by atoms with E-state index >= 15 is 0 Å². The van der Waals surface area contributed by atoms with Crippen LogP contribution >= 0.6 is 0 Å². The lowest BCUT2D eigenvalue weighted by Gasteiger charge is -2.33. The minimum absolute atomic E-state index is 0. The molecule has 8 nitrogen and oxygen atoms in total. The minimum Gasteiger partial charge on any atom is -0.408 e. The molecule has 26 heavy (non-hydrogen) atoms. The van der Waals surface area contributed by atoms with Gasteiger partial charge < -0.3 is 14.6 Å². The normalized spacial score (nSPS) is 21.7. The number of rotatable bonds is 4. The molecule has 5 rings (SSSR count). The molecule has 2 N–H and O–H groups in total. The lowest BCUT2D eigenvalue weighted by atomic mass is 9.93. The van der Waals surface area contributed by atoms with Crippen molar-refractivity contribution in [1.82, 2.24) is 25.3 Å². The highest BCUT2D eigenvalue weighted by atomic mass is 16.4. The molecule has 3 heterocycles. The number of aromatic nitrogens is 4. The van der Waals surface area contributed by atoms with E-state index in [4.69, 9.17) is 4.42 Å². The fourth-order valence-corrected chi connectivity index (χ4v) is 3.40. The first-order valence-electron chi connectivity index (χ1n) is 9.48. The Morgan fingerprint density at radius 3 is 2.65 bits per heavy atom. The lowest BCUT2D eigenvalue weighted by molar-refractivity contribution is -0.133. The van der Waals surface area contributed by atoms with Crippen LogP contribution in [0.3, 0.4) is 0 Å². The van der Waals surface area contributed by atoms with Gasteiger partial charge in [0.1, 0.15) is 6.04 Å². The van der Waals surface area contributed by atoms with Crippen molar-refractivity contribution < 1.29 is 12.1 Å². The van der Waals surface area contributed by atoms with Crippen LogP contribution < -0.4 is 5.32 Å². The van der Waals surface area contributed by atoms with E-state index in [9.17, 15) is 4.79 Å². The number of hydrogen-bond acceptors (Lipinski definition) is 6. The fourth-order valence-electron chi connectivity index (χ4n) is 3.40. The number of carbonyl (C=O) groups is 1. The highest BCUT2D eigenvalue weighted by Crippen LogP contribution is 2.53. The lowest BCUT2D eigenvalue weighted by Crippen LogP contribution is -2.45. The van der Waals surface area contributed by atoms with E-state index < -0.39 is 0 Å². The van der Waals surface area contributed by atoms with Crippen molar-refractivity contribution in [3.05, 3.63) is 24.4 Å². The molecule has 144 valence electrons. The van der Waals surface area contributed by atoms with Crippen LogP contribution in [0.4, 0.5) is 6.01 Å². The van der Waals surface area contributed by atoms with Gasteiger partial charge in [0.15, 0.2) is 0 Å². The van der Waals surface area contributed by atoms with Crippen LogP contribution in [0.2, 0.25) is 0 Å². The smallest absolute Gasteiger partial charge is 0.316 e. The zero-order chi connectivity index (χ0) is 18.0. The molecule has 8 heteroatoms. The SMILES string of the molecule is C[C@@H](Nc1nnc(C2CC2)o1)C(=O)N1CCC2(CC1)CC2.[HH].[HH].c1cn[nH]c1. The van der Waals surface area contributed by atoms with E-state index in [2.05, 4.69) is 25.7 Å². The molecule has 1 saturated heterocycles. The molecule has 2 aromatic heterocycles. The van der Waals surface area contributed by atoms with E-state index in [-0.39, 0.29) is 14.8 Å². The maximum absolute atomic E-state index is 12.5. The molecule has 2 saturated carbocycles. The van der Waals surface area contributed by atoms with Crippen molar-refractivity contribution in [2.45, 2.75) is 57.4 Å². The third-order valence-corrected chi connectivity index (χ3v) is 5.58. The maximum Gasteiger partial charge on any atom is 0.316 e. The Balaban J connectivity index is 0.000000352. The van der Waals surface area contributed by atoms with Gasteiger partial charge in [-0.25, -0.2) is 0 Å². The second-order valence-corrected chi connectivity index (χ2v) is 7.68. The summed E-state index contributed by atoms with van der Waals surface area (Å²) in [5.74, 6) is 1.28. The molecule has 0 radical (unpaired) electrons. The number of hydrogen-bond donors (Lipinski definition) is 2. The molecule has 1 atom stereocenters. The molecule has 2 aromatic rings. The molecule has 0 bridgehead atoms. The second kappa shape index (κ2) is 7.09. The van der Waals surface area contributed by atoms with E-state index in [0.717, 1.165) is 38.8 Å². The summed E-state index contributed by atoms with van der Waals surface area (Å²) in [6.07, 6.45) is 10.8. The monoisotopic (exact) mass is 362 g/mol. The Kier molecular flexibility index (Phi) is 4.65. The average Bonchev–Trinajstić information content (AvgIpc) is 3.51. The number of anilines is 1. The van der Waals surface area contributed by atoms with Crippen LogP contribution in [-0.4, -0.2) is 50.3 Å². The second-order valence-electron chi connectivity index (χ2n) is 7.68. The van der Waals surface area contributed by atoms with Gasteiger partial charge in [0, 0.05) is 34.3 Å². The van der Waals surface area contributed by atoms with E-state index in [1.54, 1.807) is 12.4 Å². The molecule has 0 unspecified atom stereocenters. The summed E-state index contributed by atoms with van der Waals surface area (Å²) in [6.45, 7) is 3.65. The number of piperidine rings is 1. The summed E-state index contributed by atoms with van der Waals surface area (Å²) in [4.78, 5) is 14.4. The number of H-pyrrole nitrogens is 1. The van der Waals surface area contributed by atoms with Gasteiger partial charge in [-0.1, -0.05) is 5.10 Å². The summed E-state index contributed by atoms with van der Waals surface area (Å²) in [6, 6.07) is 1.89. The van der Waals surface area contributed by atoms with Gasteiger partial charge in [0.2, 0.25) is 11.8 Å². The van der Waals surface area contributed by atoms with Crippen LogP contribution in [0.1, 0.15) is 60.1 Å². The standard InChI is InChI=1S/C15H22N4O2.C3H4N2.2H2/c1-10(16-14-18-17-12(21-14)11-2-3-11)13(20)19-8-6-15(4-5-15)7-9-19;1-2-4-5-3-1;;/h10-11H,2-9H2,1H3,(H,16,18);1-3H,(H,4,5);2*1H/t10-;;;/m1.../s1. The van der Waals surface area contributed by atoms with Crippen LogP contribution in [0.5, 0.6) is 0 Å². The molecule has 3 aliphatic rings. The van der Waals surface area contributed by atoms with Gasteiger partial charge in [-0.3, -0.25) is 9.89 Å². The highest BCUT2D eigenvalue weighted by Gasteiger charge is 2.45. The van der Waals surface area contributed by atoms with E-state index in [0.29, 0.717) is 23.2 Å². The van der Waals surface area contributed by atoms with Crippen LogP contribution in [0.15, 0.2) is 22.9 Å². The first-order valence-corrected chi connectivity index (χ1v) is 9.48. The van der Waals surface area contributed by atoms with E-state index in [1.165, 1.54) is 12.8 Å². The van der Waals surface area contributed by atoms with Crippen molar-refractivity contribution in [2.75, 3.05) is 18.4 Å². The van der Waals surface area contributed by atoms with Gasteiger partial charge in [0.05, 0.1) is 0 Å². The fraction of sp³-hybridized carbons (Fsp3) is 0.667. The van der Waals surface area contributed by atoms with Crippen molar-refractivity contribution in [3.63, 3.8) is 0 Å². The van der Waals surface area contributed by atoms with Crippen LogP contribution in [0, 0.1) is 5.41 Å². The largest absolute Gasteiger partial charge is 0.408 e. The van der Waals surface area contributed by atoms with Gasteiger partial charge in [-0.2, -0.15) is 5.10 Å². The first-order chi connectivity index (χ1) is 12.7. The molecule has 1 aliphatic heterocycles. The molecule has 2 aliphatic carbocycles. The third-order valence-electron chi connectivity index (χ3n) is 5.58. The Hall–Kier alpha value is -2.38. The molecule has 3 fully saturated rings. The molecular formula is C18H30N6O2. The van der Waals surface area contributed by atoms with Crippen LogP contribution in [0.25, 0.3) is 0 Å². The first kappa shape index (κ1) is 17.1. The summed E-state index contributed by atoms with van der Waals surface area (Å²) < 4.78 is 5.55. The number of nitrogens with zero attached hydrogens (tertiary/aromatic N) is 4. The maximum atomic E-state index is 12.5. The number of nitrogens with one attached hydrogen (secondary N) is 2. The Bertz CT molecular complexity index is 703. The topological polar surface area (TPSA) is 99.9 Å². The van der Waals surface area contributed by atoms with Gasteiger partial charge in [-0.05, 0) is 56.9 Å². The zero-order valence-electron chi connectivity index (χ0n) is 15.1. The molecule has 0 aromatic carbocycles. The highest BCUT2D eigenvalue weighted by molar-refractivity contribution is 5.83. The van der Waals surface area contributed by atoms with Crippen molar-refractivity contribution in [1.29, 1.82) is 0 Å². The average molecular weight is 362 g/mol.